The van der Waals surface area contributed by atoms with E-state index in [0.29, 0.717) is 35.2 Å². The Bertz CT molecular complexity index is 1150. The molecule has 4 rings (SSSR count). The summed E-state index contributed by atoms with van der Waals surface area (Å²) in [4.78, 5) is 36.2. The van der Waals surface area contributed by atoms with Gasteiger partial charge in [-0.25, -0.2) is 9.97 Å². The number of benzene rings is 1. The third kappa shape index (κ3) is 3.71. The average molecular weight is 427 g/mol. The summed E-state index contributed by atoms with van der Waals surface area (Å²) in [5, 5.41) is 14.7. The molecule has 30 heavy (non-hydrogen) atoms. The molecule has 10 heteroatoms. The molecule has 1 aromatic carbocycles. The SMILES string of the molecule is Cc1nc(N2CCOCC2)c2c(C)c(C(=O)Nc3ccc([N+](=O)[O-])cc3C)sc2n1. The minimum absolute atomic E-state index is 0.00977. The number of amides is 1. The summed E-state index contributed by atoms with van der Waals surface area (Å²) in [7, 11) is 0. The highest BCUT2D eigenvalue weighted by Gasteiger charge is 2.24. The first-order valence-corrected chi connectivity index (χ1v) is 10.3. The summed E-state index contributed by atoms with van der Waals surface area (Å²) in [5.41, 5.74) is 1.98. The van der Waals surface area contributed by atoms with Gasteiger partial charge in [0.25, 0.3) is 11.6 Å². The average Bonchev–Trinajstić information content (AvgIpc) is 3.05. The van der Waals surface area contributed by atoms with Gasteiger partial charge in [-0.2, -0.15) is 0 Å². The number of thiophene rings is 1. The predicted octanol–water partition coefficient (Wildman–Crippen LogP) is 3.61. The van der Waals surface area contributed by atoms with E-state index in [1.54, 1.807) is 13.0 Å². The number of hydrogen-bond acceptors (Lipinski definition) is 8. The molecule has 0 unspecified atom stereocenters. The van der Waals surface area contributed by atoms with Gasteiger partial charge in [-0.3, -0.25) is 14.9 Å². The Balaban J connectivity index is 1.70. The first-order chi connectivity index (χ1) is 14.3. The summed E-state index contributed by atoms with van der Waals surface area (Å²) in [6.45, 7) is 8.24. The predicted molar refractivity (Wildman–Crippen MR) is 116 cm³/mol. The molecule has 0 bridgehead atoms. The molecule has 0 aliphatic carbocycles. The number of fused-ring (bicyclic) bond motifs is 1. The normalized spacial score (nSPS) is 14.2. The van der Waals surface area contributed by atoms with Crippen LogP contribution in [0.4, 0.5) is 17.2 Å². The third-order valence-electron chi connectivity index (χ3n) is 5.07. The Morgan fingerprint density at radius 3 is 2.63 bits per heavy atom. The Hall–Kier alpha value is -3.11. The van der Waals surface area contributed by atoms with Crippen molar-refractivity contribution < 1.29 is 14.5 Å². The van der Waals surface area contributed by atoms with E-state index in [0.717, 1.165) is 34.7 Å². The summed E-state index contributed by atoms with van der Waals surface area (Å²) in [6.07, 6.45) is 0. The largest absolute Gasteiger partial charge is 0.378 e. The minimum Gasteiger partial charge on any atom is -0.378 e. The van der Waals surface area contributed by atoms with Gasteiger partial charge in [0.2, 0.25) is 0 Å². The first-order valence-electron chi connectivity index (χ1n) is 9.52. The number of carbonyl (C=O) groups excluding carboxylic acids is 1. The van der Waals surface area contributed by atoms with Crippen LogP contribution in [0.2, 0.25) is 0 Å². The van der Waals surface area contributed by atoms with Gasteiger partial charge >= 0.3 is 0 Å². The van der Waals surface area contributed by atoms with Crippen LogP contribution in [0.15, 0.2) is 18.2 Å². The Kier molecular flexibility index (Phi) is 5.35. The second kappa shape index (κ2) is 7.96. The number of aromatic nitrogens is 2. The van der Waals surface area contributed by atoms with Crippen molar-refractivity contribution in [1.82, 2.24) is 9.97 Å². The quantitative estimate of drug-likeness (QED) is 0.500. The maximum atomic E-state index is 13.0. The minimum atomic E-state index is -0.455. The number of morpholine rings is 1. The van der Waals surface area contributed by atoms with Gasteiger partial charge in [-0.15, -0.1) is 11.3 Å². The second-order valence-corrected chi connectivity index (χ2v) is 8.14. The fraction of sp³-hybridized carbons (Fsp3) is 0.350. The lowest BCUT2D eigenvalue weighted by Crippen LogP contribution is -2.37. The lowest BCUT2D eigenvalue weighted by atomic mass is 10.1. The molecule has 1 aliphatic heterocycles. The summed E-state index contributed by atoms with van der Waals surface area (Å²) in [6, 6.07) is 4.38. The van der Waals surface area contributed by atoms with Crippen molar-refractivity contribution in [2.75, 3.05) is 36.5 Å². The van der Waals surface area contributed by atoms with Crippen LogP contribution in [0.3, 0.4) is 0 Å². The van der Waals surface area contributed by atoms with Crippen LogP contribution in [-0.4, -0.2) is 47.1 Å². The van der Waals surface area contributed by atoms with E-state index >= 15 is 0 Å². The third-order valence-corrected chi connectivity index (χ3v) is 6.25. The summed E-state index contributed by atoms with van der Waals surface area (Å²) >= 11 is 1.33. The van der Waals surface area contributed by atoms with Gasteiger partial charge in [-0.1, -0.05) is 0 Å². The number of nitro groups is 1. The van der Waals surface area contributed by atoms with Gasteiger partial charge < -0.3 is 15.0 Å². The number of anilines is 2. The summed E-state index contributed by atoms with van der Waals surface area (Å²) in [5.74, 6) is 1.22. The van der Waals surface area contributed by atoms with Crippen LogP contribution in [0, 0.1) is 30.9 Å². The zero-order chi connectivity index (χ0) is 21.4. The molecule has 0 radical (unpaired) electrons. The maximum absolute atomic E-state index is 13.0. The molecule has 1 N–H and O–H groups in total. The van der Waals surface area contributed by atoms with Crippen LogP contribution in [0.25, 0.3) is 10.2 Å². The molecule has 3 heterocycles. The van der Waals surface area contributed by atoms with E-state index in [9.17, 15) is 14.9 Å². The van der Waals surface area contributed by atoms with E-state index in [4.69, 9.17) is 4.74 Å². The first kappa shape index (κ1) is 20.2. The highest BCUT2D eigenvalue weighted by Crippen LogP contribution is 2.36. The van der Waals surface area contributed by atoms with E-state index in [1.807, 2.05) is 13.8 Å². The van der Waals surface area contributed by atoms with Crippen molar-refractivity contribution in [3.63, 3.8) is 0 Å². The van der Waals surface area contributed by atoms with Gasteiger partial charge in [0.05, 0.1) is 28.4 Å². The Labute approximate surface area is 176 Å². The molecule has 1 saturated heterocycles. The monoisotopic (exact) mass is 427 g/mol. The molecule has 9 nitrogen and oxygen atoms in total. The fourth-order valence-corrected chi connectivity index (χ4v) is 4.64. The van der Waals surface area contributed by atoms with Gasteiger partial charge in [0, 0.05) is 30.9 Å². The Morgan fingerprint density at radius 1 is 1.23 bits per heavy atom. The topological polar surface area (TPSA) is 110 Å². The maximum Gasteiger partial charge on any atom is 0.269 e. The lowest BCUT2D eigenvalue weighted by molar-refractivity contribution is -0.384. The van der Waals surface area contributed by atoms with Crippen LogP contribution in [0.5, 0.6) is 0 Å². The zero-order valence-electron chi connectivity index (χ0n) is 16.9. The molecule has 1 aliphatic rings. The number of aryl methyl sites for hydroxylation is 3. The molecule has 156 valence electrons. The Morgan fingerprint density at radius 2 is 1.97 bits per heavy atom. The fourth-order valence-electron chi connectivity index (χ4n) is 3.52. The molecule has 0 saturated carbocycles. The highest BCUT2D eigenvalue weighted by atomic mass is 32.1. The van der Waals surface area contributed by atoms with Gasteiger partial charge in [-0.05, 0) is 38.0 Å². The summed E-state index contributed by atoms with van der Waals surface area (Å²) < 4.78 is 5.45. The molecule has 1 amide bonds. The molecular formula is C20H21N5O4S. The van der Waals surface area contributed by atoms with E-state index < -0.39 is 4.92 Å². The number of ether oxygens (including phenoxy) is 1. The van der Waals surface area contributed by atoms with Gasteiger partial charge in [0.15, 0.2) is 0 Å². The number of nitrogens with zero attached hydrogens (tertiary/aromatic N) is 4. The number of nitro benzene ring substituents is 1. The van der Waals surface area contributed by atoms with Crippen LogP contribution < -0.4 is 10.2 Å². The van der Waals surface area contributed by atoms with Crippen LogP contribution in [0.1, 0.15) is 26.6 Å². The van der Waals surface area contributed by atoms with E-state index in [1.165, 1.54) is 23.5 Å². The van der Waals surface area contributed by atoms with Crippen LogP contribution >= 0.6 is 11.3 Å². The number of rotatable bonds is 4. The molecule has 3 aromatic rings. The number of nitrogens with one attached hydrogen (secondary N) is 1. The number of hydrogen-bond donors (Lipinski definition) is 1. The van der Waals surface area contributed by atoms with Crippen molar-refractivity contribution in [2.45, 2.75) is 20.8 Å². The van der Waals surface area contributed by atoms with Crippen molar-refractivity contribution in [2.24, 2.45) is 0 Å². The van der Waals surface area contributed by atoms with Crippen molar-refractivity contribution in [3.8, 4) is 0 Å². The lowest BCUT2D eigenvalue weighted by Gasteiger charge is -2.28. The standard InChI is InChI=1S/C20H21N5O4S/c1-11-10-14(25(27)28)4-5-15(11)23-19(26)17-12(2)16-18(24-6-8-29-9-7-24)21-13(3)22-20(16)30-17/h4-5,10H,6-9H2,1-3H3,(H,23,26). The van der Waals surface area contributed by atoms with Crippen molar-refractivity contribution in [3.05, 3.63) is 50.1 Å². The molecular weight excluding hydrogens is 406 g/mol. The van der Waals surface area contributed by atoms with E-state index in [-0.39, 0.29) is 11.6 Å². The second-order valence-electron chi connectivity index (χ2n) is 7.14. The van der Waals surface area contributed by atoms with E-state index in [2.05, 4.69) is 20.2 Å². The molecule has 2 aromatic heterocycles. The molecule has 0 spiro atoms. The molecule has 0 atom stereocenters. The highest BCUT2D eigenvalue weighted by molar-refractivity contribution is 7.20. The molecule has 1 fully saturated rings. The number of carbonyl (C=O) groups is 1. The van der Waals surface area contributed by atoms with Crippen LogP contribution in [-0.2, 0) is 4.74 Å². The van der Waals surface area contributed by atoms with Crippen molar-refractivity contribution >= 4 is 44.7 Å². The zero-order valence-corrected chi connectivity index (χ0v) is 17.7. The number of non-ortho nitro benzene ring substituents is 1. The van der Waals surface area contributed by atoms with Crippen molar-refractivity contribution in [1.29, 1.82) is 0 Å². The van der Waals surface area contributed by atoms with Gasteiger partial charge in [0.1, 0.15) is 16.5 Å². The smallest absolute Gasteiger partial charge is 0.269 e.